The molecule has 0 amide bonds. The number of benzene rings is 1. The lowest BCUT2D eigenvalue weighted by atomic mass is 9.84. The van der Waals surface area contributed by atoms with Crippen LogP contribution in [0.2, 0.25) is 0 Å². The Morgan fingerprint density at radius 3 is 2.83 bits per heavy atom. The van der Waals surface area contributed by atoms with E-state index >= 15 is 0 Å². The molecular formula is C20H26FNO2. The number of methoxy groups -OCH3 is 1. The maximum absolute atomic E-state index is 14.5. The molecule has 0 bridgehead atoms. The van der Waals surface area contributed by atoms with Crippen molar-refractivity contribution in [2.75, 3.05) is 13.7 Å². The molecular weight excluding hydrogens is 305 g/mol. The highest BCUT2D eigenvalue weighted by Crippen LogP contribution is 2.52. The molecule has 2 saturated carbocycles. The summed E-state index contributed by atoms with van der Waals surface area (Å²) in [7, 11) is 1.33. The smallest absolute Gasteiger partial charge is 0.337 e. The van der Waals surface area contributed by atoms with Gasteiger partial charge in [-0.25, -0.2) is 9.18 Å². The van der Waals surface area contributed by atoms with E-state index < -0.39 is 5.97 Å². The van der Waals surface area contributed by atoms with Crippen LogP contribution in [0, 0.1) is 11.2 Å². The lowest BCUT2D eigenvalue weighted by Crippen LogP contribution is -2.39. The van der Waals surface area contributed by atoms with Gasteiger partial charge in [0, 0.05) is 24.7 Å². The summed E-state index contributed by atoms with van der Waals surface area (Å²) < 4.78 is 19.3. The van der Waals surface area contributed by atoms with Crippen LogP contribution in [0.1, 0.15) is 66.4 Å². The highest BCUT2D eigenvalue weighted by atomic mass is 19.1. The molecule has 3 nitrogen and oxygen atoms in total. The lowest BCUT2D eigenvalue weighted by Gasteiger charge is -2.35. The van der Waals surface area contributed by atoms with E-state index in [0.29, 0.717) is 23.6 Å². The molecule has 24 heavy (non-hydrogen) atoms. The number of carbonyl (C=O) groups is 1. The van der Waals surface area contributed by atoms with E-state index in [4.69, 9.17) is 4.74 Å². The molecule has 0 saturated heterocycles. The first-order valence-electron chi connectivity index (χ1n) is 9.24. The van der Waals surface area contributed by atoms with Gasteiger partial charge in [-0.05, 0) is 61.6 Å². The predicted octanol–water partition coefficient (Wildman–Crippen LogP) is 4.08. The van der Waals surface area contributed by atoms with Gasteiger partial charge in [-0.3, -0.25) is 4.90 Å². The van der Waals surface area contributed by atoms with E-state index in [1.54, 1.807) is 0 Å². The van der Waals surface area contributed by atoms with Gasteiger partial charge in [0.1, 0.15) is 5.82 Å². The number of carbonyl (C=O) groups excluding carboxylic acids is 1. The van der Waals surface area contributed by atoms with Crippen molar-refractivity contribution >= 4 is 5.97 Å². The first-order chi connectivity index (χ1) is 11.6. The first-order valence-corrected chi connectivity index (χ1v) is 9.24. The number of halogens is 1. The molecule has 130 valence electrons. The molecule has 1 aromatic rings. The molecule has 0 aromatic heterocycles. The molecule has 3 aliphatic rings. The molecule has 2 aliphatic carbocycles. The van der Waals surface area contributed by atoms with Gasteiger partial charge in [0.05, 0.1) is 12.7 Å². The van der Waals surface area contributed by atoms with Gasteiger partial charge in [0.25, 0.3) is 0 Å². The van der Waals surface area contributed by atoms with Crippen LogP contribution in [0.25, 0.3) is 0 Å². The largest absolute Gasteiger partial charge is 0.465 e. The van der Waals surface area contributed by atoms with Crippen LogP contribution >= 0.6 is 0 Å². The van der Waals surface area contributed by atoms with Crippen molar-refractivity contribution in [3.63, 3.8) is 0 Å². The second-order valence-corrected chi connectivity index (χ2v) is 7.91. The molecule has 4 heteroatoms. The number of ether oxygens (including phenoxy) is 1. The van der Waals surface area contributed by atoms with Crippen molar-refractivity contribution in [3.8, 4) is 0 Å². The molecule has 4 rings (SSSR count). The average molecular weight is 331 g/mol. The van der Waals surface area contributed by atoms with Crippen molar-refractivity contribution in [2.45, 2.75) is 64.0 Å². The summed E-state index contributed by atoms with van der Waals surface area (Å²) in [4.78, 5) is 14.2. The normalized spacial score (nSPS) is 25.8. The Labute approximate surface area is 143 Å². The Balaban J connectivity index is 1.51. The van der Waals surface area contributed by atoms with Gasteiger partial charge in [-0.1, -0.05) is 12.8 Å². The summed E-state index contributed by atoms with van der Waals surface area (Å²) in [6.07, 6.45) is 10.3. The van der Waals surface area contributed by atoms with E-state index in [-0.39, 0.29) is 5.82 Å². The molecule has 0 radical (unpaired) electrons. The van der Waals surface area contributed by atoms with Crippen LogP contribution in [-0.4, -0.2) is 30.6 Å². The third kappa shape index (κ3) is 2.75. The summed E-state index contributed by atoms with van der Waals surface area (Å²) in [6, 6.07) is 3.76. The molecule has 1 atom stereocenters. The van der Waals surface area contributed by atoms with Crippen LogP contribution in [0.5, 0.6) is 0 Å². The zero-order valence-corrected chi connectivity index (χ0v) is 14.4. The molecule has 1 heterocycles. The maximum atomic E-state index is 14.5. The summed E-state index contributed by atoms with van der Waals surface area (Å²) in [5.74, 6) is -0.718. The minimum absolute atomic E-state index is 0.258. The van der Waals surface area contributed by atoms with Crippen LogP contribution in [0.3, 0.4) is 0 Å². The summed E-state index contributed by atoms with van der Waals surface area (Å²) in [6.45, 7) is 1.65. The topological polar surface area (TPSA) is 29.5 Å². The number of rotatable bonds is 2. The van der Waals surface area contributed by atoms with Gasteiger partial charge in [-0.2, -0.15) is 0 Å². The van der Waals surface area contributed by atoms with Crippen molar-refractivity contribution < 1.29 is 13.9 Å². The molecule has 1 aromatic carbocycles. The van der Waals surface area contributed by atoms with E-state index in [1.165, 1.54) is 58.1 Å². The fourth-order valence-electron chi connectivity index (χ4n) is 5.25. The third-order valence-corrected chi connectivity index (χ3v) is 6.60. The monoisotopic (exact) mass is 331 g/mol. The summed E-state index contributed by atoms with van der Waals surface area (Å²) in [5, 5.41) is 0. The number of nitrogens with zero attached hydrogens (tertiary/aromatic N) is 1. The number of hydrogen-bond acceptors (Lipinski definition) is 3. The van der Waals surface area contributed by atoms with Crippen LogP contribution in [-0.2, 0) is 17.7 Å². The van der Waals surface area contributed by atoms with E-state index in [2.05, 4.69) is 4.90 Å². The Hall–Kier alpha value is -1.42. The predicted molar refractivity (Wildman–Crippen MR) is 90.4 cm³/mol. The highest BCUT2D eigenvalue weighted by Gasteiger charge is 2.43. The molecule has 0 N–H and O–H groups in total. The second kappa shape index (κ2) is 6.14. The van der Waals surface area contributed by atoms with E-state index in [1.807, 2.05) is 6.07 Å². The molecule has 0 unspecified atom stereocenters. The van der Waals surface area contributed by atoms with E-state index in [0.717, 1.165) is 24.1 Å². The minimum Gasteiger partial charge on any atom is -0.465 e. The Kier molecular flexibility index (Phi) is 4.11. The summed E-state index contributed by atoms with van der Waals surface area (Å²) in [5.41, 5.74) is 2.67. The van der Waals surface area contributed by atoms with Crippen LogP contribution in [0.4, 0.5) is 4.39 Å². The van der Waals surface area contributed by atoms with Crippen molar-refractivity contribution in [2.24, 2.45) is 5.41 Å². The van der Waals surface area contributed by atoms with Gasteiger partial charge in [0.2, 0.25) is 0 Å². The zero-order chi connectivity index (χ0) is 16.7. The number of fused-ring (bicyclic) bond motifs is 1. The highest BCUT2D eigenvalue weighted by molar-refractivity contribution is 5.89. The quantitative estimate of drug-likeness (QED) is 0.765. The molecule has 2 fully saturated rings. The zero-order valence-electron chi connectivity index (χ0n) is 14.4. The van der Waals surface area contributed by atoms with Gasteiger partial charge in [-0.15, -0.1) is 0 Å². The third-order valence-electron chi connectivity index (χ3n) is 6.60. The minimum atomic E-state index is -0.460. The Morgan fingerprint density at radius 1 is 1.29 bits per heavy atom. The number of esters is 1. The maximum Gasteiger partial charge on any atom is 0.337 e. The van der Waals surface area contributed by atoms with Crippen LogP contribution < -0.4 is 0 Å². The standard InChI is InChI=1S/C20H26FNO2/c1-24-19(23)15-10-14-5-9-22(13-17(14)18(21)11-15)16-4-8-20(12-16)6-2-3-7-20/h10-11,16H,2-9,12-13H2,1H3/t16-/m1/s1. The fourth-order valence-corrected chi connectivity index (χ4v) is 5.25. The SMILES string of the molecule is COC(=O)c1cc(F)c2c(c1)CCN([C@@H]1CCC3(CCCC3)C1)C2. The van der Waals surface area contributed by atoms with Crippen LogP contribution in [0.15, 0.2) is 12.1 Å². The van der Waals surface area contributed by atoms with E-state index in [9.17, 15) is 9.18 Å². The lowest BCUT2D eigenvalue weighted by molar-refractivity contribution is 0.0599. The number of hydrogen-bond donors (Lipinski definition) is 0. The van der Waals surface area contributed by atoms with Gasteiger partial charge < -0.3 is 4.74 Å². The van der Waals surface area contributed by atoms with Gasteiger partial charge in [0.15, 0.2) is 0 Å². The van der Waals surface area contributed by atoms with Crippen molar-refractivity contribution in [3.05, 3.63) is 34.6 Å². The Bertz CT molecular complexity index is 651. The van der Waals surface area contributed by atoms with Gasteiger partial charge >= 0.3 is 5.97 Å². The van der Waals surface area contributed by atoms with Crippen molar-refractivity contribution in [1.82, 2.24) is 4.90 Å². The second-order valence-electron chi connectivity index (χ2n) is 7.91. The fraction of sp³-hybridized carbons (Fsp3) is 0.650. The Morgan fingerprint density at radius 2 is 2.08 bits per heavy atom. The summed E-state index contributed by atoms with van der Waals surface area (Å²) >= 11 is 0. The molecule has 1 spiro atoms. The van der Waals surface area contributed by atoms with Crippen molar-refractivity contribution in [1.29, 1.82) is 0 Å². The molecule has 1 aliphatic heterocycles. The first kappa shape index (κ1) is 16.1. The average Bonchev–Trinajstić information content (AvgIpc) is 3.24.